The molecule has 3 rings (SSSR count). The molecule has 1 amide bonds. The van der Waals surface area contributed by atoms with Crippen LogP contribution in [0.15, 0.2) is 36.4 Å². The maximum absolute atomic E-state index is 12.9. The Balaban J connectivity index is 2.23. The number of fused-ring (bicyclic) bond motifs is 2. The monoisotopic (exact) mass is 320 g/mol. The highest BCUT2D eigenvalue weighted by Gasteiger charge is 2.31. The van der Waals surface area contributed by atoms with Crippen molar-refractivity contribution in [3.05, 3.63) is 47.1 Å². The summed E-state index contributed by atoms with van der Waals surface area (Å²) in [5.41, 5.74) is 1.15. The van der Waals surface area contributed by atoms with Crippen LogP contribution >= 0.6 is 23.4 Å². The zero-order valence-corrected chi connectivity index (χ0v) is 13.1. The van der Waals surface area contributed by atoms with Crippen LogP contribution < -0.4 is 9.64 Å². The fourth-order valence-corrected chi connectivity index (χ4v) is 2.77. The van der Waals surface area contributed by atoms with Gasteiger partial charge in [-0.25, -0.2) is 0 Å². The number of aromatic nitrogens is 1. The van der Waals surface area contributed by atoms with Gasteiger partial charge < -0.3 is 4.74 Å². The van der Waals surface area contributed by atoms with Gasteiger partial charge in [0.2, 0.25) is 5.88 Å². The van der Waals surface area contributed by atoms with Gasteiger partial charge in [-0.3, -0.25) is 9.69 Å². The van der Waals surface area contributed by atoms with Crippen LogP contribution in [-0.4, -0.2) is 22.5 Å². The number of ether oxygens (including phenoxy) is 1. The Hall–Kier alpha value is -1.72. The summed E-state index contributed by atoms with van der Waals surface area (Å²) in [5, 5.41) is 0.284. The number of para-hydroxylation sites is 1. The number of carbonyl (C=O) groups excluding carboxylic acids is 1. The number of pyridine rings is 1. The van der Waals surface area contributed by atoms with Gasteiger partial charge in [-0.05, 0) is 37.4 Å². The quantitative estimate of drug-likeness (QED) is 0.778. The van der Waals surface area contributed by atoms with E-state index in [0.29, 0.717) is 28.0 Å². The minimum absolute atomic E-state index is 0.0472. The Kier molecular flexibility index (Phi) is 3.78. The molecule has 108 valence electrons. The number of hydrogen-bond acceptors (Lipinski definition) is 4. The number of rotatable bonds is 2. The molecular weight excluding hydrogens is 308 g/mol. The third-order valence-electron chi connectivity index (χ3n) is 3.31. The molecular formula is C15H13ClN2O2S. The molecule has 6 heteroatoms. The Labute approximate surface area is 132 Å². The molecule has 1 aliphatic heterocycles. The molecule has 0 saturated carbocycles. The fraction of sp³-hybridized carbons (Fsp3) is 0.200. The van der Waals surface area contributed by atoms with Gasteiger partial charge in [0.05, 0.1) is 10.9 Å². The van der Waals surface area contributed by atoms with Gasteiger partial charge in [-0.1, -0.05) is 23.7 Å². The minimum Gasteiger partial charge on any atom is -0.436 e. The maximum atomic E-state index is 12.9. The van der Waals surface area contributed by atoms with E-state index in [4.69, 9.17) is 16.3 Å². The smallest absolute Gasteiger partial charge is 0.263 e. The largest absolute Gasteiger partial charge is 0.436 e. The highest BCUT2D eigenvalue weighted by molar-refractivity contribution is 7.99. The number of benzene rings is 1. The van der Waals surface area contributed by atoms with E-state index in [1.165, 1.54) is 0 Å². The van der Waals surface area contributed by atoms with E-state index in [9.17, 15) is 4.79 Å². The second-order valence-electron chi connectivity index (χ2n) is 4.57. The molecule has 1 unspecified atom stereocenters. The molecule has 0 bridgehead atoms. The van der Waals surface area contributed by atoms with Crippen molar-refractivity contribution in [3.8, 4) is 11.6 Å². The first-order chi connectivity index (χ1) is 10.1. The zero-order valence-electron chi connectivity index (χ0n) is 11.5. The highest BCUT2D eigenvalue weighted by atomic mass is 35.5. The van der Waals surface area contributed by atoms with E-state index in [1.54, 1.807) is 40.9 Å². The van der Waals surface area contributed by atoms with E-state index in [2.05, 4.69) is 4.98 Å². The van der Waals surface area contributed by atoms with Crippen LogP contribution in [-0.2, 0) is 0 Å². The number of amides is 1. The summed E-state index contributed by atoms with van der Waals surface area (Å²) in [7, 11) is 0. The number of anilines is 1. The number of thioether (sulfide) groups is 1. The first-order valence-electron chi connectivity index (χ1n) is 6.41. The Morgan fingerprint density at radius 2 is 2.05 bits per heavy atom. The normalized spacial score (nSPS) is 14.8. The number of halogens is 1. The highest BCUT2D eigenvalue weighted by Crippen LogP contribution is 2.40. The summed E-state index contributed by atoms with van der Waals surface area (Å²) in [6.07, 6.45) is 1.96. The van der Waals surface area contributed by atoms with Crippen LogP contribution in [0.25, 0.3) is 0 Å². The van der Waals surface area contributed by atoms with Crippen molar-refractivity contribution in [2.75, 3.05) is 11.2 Å². The van der Waals surface area contributed by atoms with E-state index in [0.717, 1.165) is 0 Å². The van der Waals surface area contributed by atoms with Gasteiger partial charge in [0.25, 0.3) is 5.91 Å². The lowest BCUT2D eigenvalue weighted by Gasteiger charge is -2.26. The first-order valence-corrected chi connectivity index (χ1v) is 8.08. The van der Waals surface area contributed by atoms with E-state index >= 15 is 0 Å². The van der Waals surface area contributed by atoms with Crippen LogP contribution in [0.1, 0.15) is 17.3 Å². The third-order valence-corrected chi connectivity index (χ3v) is 4.42. The van der Waals surface area contributed by atoms with E-state index < -0.39 is 0 Å². The molecule has 0 fully saturated rings. The zero-order chi connectivity index (χ0) is 15.0. The molecule has 1 aliphatic rings. The number of carbonyl (C=O) groups is 1. The van der Waals surface area contributed by atoms with Gasteiger partial charge in [0.1, 0.15) is 16.6 Å². The summed E-state index contributed by atoms with van der Waals surface area (Å²) in [6, 6.07) is 10.6. The van der Waals surface area contributed by atoms with E-state index in [-0.39, 0.29) is 11.3 Å². The number of nitrogens with zero attached hydrogens (tertiary/aromatic N) is 2. The first kappa shape index (κ1) is 14.2. The molecule has 4 nitrogen and oxygen atoms in total. The molecule has 1 atom stereocenters. The Morgan fingerprint density at radius 3 is 2.81 bits per heavy atom. The van der Waals surface area contributed by atoms with Gasteiger partial charge in [0.15, 0.2) is 0 Å². The lowest BCUT2D eigenvalue weighted by molar-refractivity contribution is 0.0986. The van der Waals surface area contributed by atoms with Crippen LogP contribution in [0.5, 0.6) is 11.6 Å². The predicted octanol–water partition coefficient (Wildman–Crippen LogP) is 4.20. The second kappa shape index (κ2) is 5.58. The summed E-state index contributed by atoms with van der Waals surface area (Å²) in [4.78, 5) is 18.8. The summed E-state index contributed by atoms with van der Waals surface area (Å²) >= 11 is 7.53. The Bertz CT molecular complexity index is 708. The number of hydrogen-bond donors (Lipinski definition) is 0. The maximum Gasteiger partial charge on any atom is 0.263 e. The van der Waals surface area contributed by atoms with Crippen molar-refractivity contribution in [2.24, 2.45) is 0 Å². The standard InChI is InChI=1S/C15H13ClN2O2S/c1-9(21-2)18-11-7-8-13(16)17-14(11)20-12-6-4-3-5-10(12)15(18)19/h3-9H,1-2H3. The minimum atomic E-state index is -0.102. The molecule has 0 aliphatic carbocycles. The van der Waals surface area contributed by atoms with Crippen molar-refractivity contribution < 1.29 is 9.53 Å². The van der Waals surface area contributed by atoms with Gasteiger partial charge in [0, 0.05) is 0 Å². The third kappa shape index (κ3) is 2.47. The SMILES string of the molecule is CSC(C)N1C(=O)c2ccccc2Oc2nc(Cl)ccc21. The second-order valence-corrected chi connectivity index (χ2v) is 6.11. The summed E-state index contributed by atoms with van der Waals surface area (Å²) in [6.45, 7) is 1.97. The molecule has 0 saturated heterocycles. The molecule has 0 radical (unpaired) electrons. The molecule has 1 aromatic heterocycles. The van der Waals surface area contributed by atoms with Gasteiger partial charge in [-0.15, -0.1) is 11.8 Å². The lowest BCUT2D eigenvalue weighted by Crippen LogP contribution is -2.36. The van der Waals surface area contributed by atoms with Crippen molar-refractivity contribution in [1.82, 2.24) is 4.98 Å². The molecule has 0 N–H and O–H groups in total. The predicted molar refractivity (Wildman–Crippen MR) is 85.5 cm³/mol. The fourth-order valence-electron chi connectivity index (χ4n) is 2.21. The van der Waals surface area contributed by atoms with Crippen LogP contribution in [0.2, 0.25) is 5.15 Å². The van der Waals surface area contributed by atoms with Crippen molar-refractivity contribution in [3.63, 3.8) is 0 Å². The average Bonchev–Trinajstić information content (AvgIpc) is 2.60. The molecule has 2 heterocycles. The average molecular weight is 321 g/mol. The lowest BCUT2D eigenvalue weighted by atomic mass is 10.1. The van der Waals surface area contributed by atoms with Crippen LogP contribution in [0.3, 0.4) is 0 Å². The van der Waals surface area contributed by atoms with E-state index in [1.807, 2.05) is 25.3 Å². The molecule has 0 spiro atoms. The van der Waals surface area contributed by atoms with Crippen LogP contribution in [0.4, 0.5) is 5.69 Å². The summed E-state index contributed by atoms with van der Waals surface area (Å²) < 4.78 is 5.81. The molecule has 21 heavy (non-hydrogen) atoms. The Morgan fingerprint density at radius 1 is 1.29 bits per heavy atom. The molecule has 1 aromatic carbocycles. The van der Waals surface area contributed by atoms with Crippen molar-refractivity contribution in [2.45, 2.75) is 12.3 Å². The van der Waals surface area contributed by atoms with Gasteiger partial charge >= 0.3 is 0 Å². The topological polar surface area (TPSA) is 42.4 Å². The van der Waals surface area contributed by atoms with Gasteiger partial charge in [-0.2, -0.15) is 4.98 Å². The van der Waals surface area contributed by atoms with Crippen LogP contribution in [0, 0.1) is 0 Å². The summed E-state index contributed by atoms with van der Waals surface area (Å²) in [5.74, 6) is 0.742. The molecule has 2 aromatic rings. The van der Waals surface area contributed by atoms with Crippen molar-refractivity contribution >= 4 is 35.0 Å². The van der Waals surface area contributed by atoms with Crippen molar-refractivity contribution in [1.29, 1.82) is 0 Å².